The number of nitrogens with zero attached hydrogens (tertiary/aromatic N) is 1. The van der Waals surface area contributed by atoms with Crippen LogP contribution in [0.2, 0.25) is 0 Å². The molecule has 1 aliphatic heterocycles. The van der Waals surface area contributed by atoms with Crippen LogP contribution >= 0.6 is 0 Å². The van der Waals surface area contributed by atoms with Crippen molar-refractivity contribution in [3.8, 4) is 0 Å². The maximum atomic E-state index is 12.3. The molecule has 0 bridgehead atoms. The first-order chi connectivity index (χ1) is 8.62. The minimum atomic E-state index is -3.29. The fourth-order valence-electron chi connectivity index (χ4n) is 2.19. The largest absolute Gasteiger partial charge is 0.342 e. The molecule has 1 saturated heterocycles. The molecular formula is C12H20N2O4S. The lowest BCUT2D eigenvalue weighted by Crippen LogP contribution is -2.61. The predicted molar refractivity (Wildman–Crippen MR) is 70.2 cm³/mol. The number of carbonyl (C=O) groups is 2. The summed E-state index contributed by atoms with van der Waals surface area (Å²) in [4.78, 5) is 25.3. The van der Waals surface area contributed by atoms with Crippen molar-refractivity contribution >= 4 is 21.7 Å². The summed E-state index contributed by atoms with van der Waals surface area (Å²) in [5.74, 6) is -0.139. The van der Waals surface area contributed by atoms with E-state index in [9.17, 15) is 18.0 Å². The summed E-state index contributed by atoms with van der Waals surface area (Å²) >= 11 is 0. The number of amides is 2. The van der Waals surface area contributed by atoms with E-state index in [0.29, 0.717) is 0 Å². The number of sulfone groups is 1. The summed E-state index contributed by atoms with van der Waals surface area (Å²) < 4.78 is 22.4. The first-order valence-electron chi connectivity index (χ1n) is 6.39. The molecule has 1 heterocycles. The van der Waals surface area contributed by atoms with Crippen molar-refractivity contribution in [1.29, 1.82) is 0 Å². The van der Waals surface area contributed by atoms with Gasteiger partial charge in [-0.05, 0) is 32.6 Å². The van der Waals surface area contributed by atoms with Crippen LogP contribution in [0.3, 0.4) is 0 Å². The fourth-order valence-corrected chi connectivity index (χ4v) is 2.58. The molecule has 1 unspecified atom stereocenters. The van der Waals surface area contributed by atoms with Gasteiger partial charge in [0.25, 0.3) is 0 Å². The van der Waals surface area contributed by atoms with Gasteiger partial charge in [0.2, 0.25) is 11.8 Å². The lowest BCUT2D eigenvalue weighted by Gasteiger charge is -2.37. The van der Waals surface area contributed by atoms with Crippen LogP contribution in [0.4, 0.5) is 0 Å². The van der Waals surface area contributed by atoms with Gasteiger partial charge in [-0.25, -0.2) is 8.42 Å². The van der Waals surface area contributed by atoms with Gasteiger partial charge in [-0.3, -0.25) is 9.59 Å². The second kappa shape index (κ2) is 4.47. The van der Waals surface area contributed by atoms with Crippen LogP contribution in [0.5, 0.6) is 0 Å². The van der Waals surface area contributed by atoms with E-state index in [4.69, 9.17) is 0 Å². The number of piperazine rings is 1. The normalized spacial score (nSPS) is 25.4. The number of hydrogen-bond acceptors (Lipinski definition) is 4. The number of carbonyl (C=O) groups excluding carboxylic acids is 2. The molecule has 0 radical (unpaired) electrons. The molecule has 6 nitrogen and oxygen atoms in total. The van der Waals surface area contributed by atoms with E-state index in [1.807, 2.05) is 0 Å². The molecule has 0 spiro atoms. The van der Waals surface area contributed by atoms with E-state index in [0.717, 1.165) is 19.1 Å². The van der Waals surface area contributed by atoms with Crippen molar-refractivity contribution in [3.05, 3.63) is 0 Å². The molecule has 7 heteroatoms. The fraction of sp³-hybridized carbons (Fsp3) is 0.833. The molecular weight excluding hydrogens is 268 g/mol. The highest BCUT2D eigenvalue weighted by Crippen LogP contribution is 2.34. The summed E-state index contributed by atoms with van der Waals surface area (Å²) in [5, 5.41) is 2.70. The number of rotatable bonds is 4. The average molecular weight is 288 g/mol. The monoisotopic (exact) mass is 288 g/mol. The zero-order valence-corrected chi connectivity index (χ0v) is 12.3. The quantitative estimate of drug-likeness (QED) is 0.759. The standard InChI is InChI=1S/C12H20N2O4S/c1-12(2,19(3,17)18)7-14-6-9(15)13-10(11(14)16)8-4-5-8/h8,10H,4-7H2,1-3H3,(H,13,15). The Morgan fingerprint density at radius 2 is 1.89 bits per heavy atom. The number of nitrogens with one attached hydrogen (secondary N) is 1. The molecule has 2 amide bonds. The van der Waals surface area contributed by atoms with Crippen molar-refractivity contribution in [2.24, 2.45) is 5.92 Å². The topological polar surface area (TPSA) is 83.6 Å². The molecule has 1 N–H and O–H groups in total. The molecule has 19 heavy (non-hydrogen) atoms. The molecule has 2 aliphatic rings. The van der Waals surface area contributed by atoms with Gasteiger partial charge in [0.15, 0.2) is 9.84 Å². The Bertz CT molecular complexity index is 508. The Hall–Kier alpha value is -1.11. The van der Waals surface area contributed by atoms with Crippen LogP contribution in [0.15, 0.2) is 0 Å². The van der Waals surface area contributed by atoms with Gasteiger partial charge in [0.05, 0.1) is 11.3 Å². The molecule has 2 fully saturated rings. The molecule has 0 aromatic carbocycles. The Morgan fingerprint density at radius 1 is 1.32 bits per heavy atom. The van der Waals surface area contributed by atoms with Gasteiger partial charge in [-0.2, -0.15) is 0 Å². The summed E-state index contributed by atoms with van der Waals surface area (Å²) in [6.45, 7) is 3.16. The molecule has 0 aromatic heterocycles. The van der Waals surface area contributed by atoms with Crippen LogP contribution in [0, 0.1) is 5.92 Å². The first-order valence-corrected chi connectivity index (χ1v) is 8.29. The highest BCUT2D eigenvalue weighted by molar-refractivity contribution is 7.92. The van der Waals surface area contributed by atoms with Crippen LogP contribution in [0.25, 0.3) is 0 Å². The van der Waals surface area contributed by atoms with Gasteiger partial charge >= 0.3 is 0 Å². The van der Waals surface area contributed by atoms with Crippen molar-refractivity contribution < 1.29 is 18.0 Å². The maximum absolute atomic E-state index is 12.3. The molecule has 108 valence electrons. The van der Waals surface area contributed by atoms with Gasteiger partial charge < -0.3 is 10.2 Å². The third kappa shape index (κ3) is 2.91. The van der Waals surface area contributed by atoms with Crippen molar-refractivity contribution in [1.82, 2.24) is 10.2 Å². The van der Waals surface area contributed by atoms with E-state index in [2.05, 4.69) is 5.32 Å². The van der Waals surface area contributed by atoms with E-state index in [-0.39, 0.29) is 30.8 Å². The SMILES string of the molecule is CC(C)(CN1CC(=O)NC(C2CC2)C1=O)S(C)(=O)=O. The maximum Gasteiger partial charge on any atom is 0.245 e. The van der Waals surface area contributed by atoms with Gasteiger partial charge in [0.1, 0.15) is 6.04 Å². The van der Waals surface area contributed by atoms with E-state index < -0.39 is 20.6 Å². The zero-order chi connectivity index (χ0) is 14.4. The Balaban J connectivity index is 2.14. The van der Waals surface area contributed by atoms with E-state index >= 15 is 0 Å². The third-order valence-electron chi connectivity index (χ3n) is 3.90. The summed E-state index contributed by atoms with van der Waals surface area (Å²) in [5.41, 5.74) is 0. The van der Waals surface area contributed by atoms with Gasteiger partial charge in [-0.15, -0.1) is 0 Å². The van der Waals surface area contributed by atoms with Crippen LogP contribution < -0.4 is 5.32 Å². The molecule has 0 aromatic rings. The molecule has 1 saturated carbocycles. The van der Waals surface area contributed by atoms with Gasteiger partial charge in [0, 0.05) is 12.8 Å². The van der Waals surface area contributed by atoms with Crippen molar-refractivity contribution in [3.63, 3.8) is 0 Å². The van der Waals surface area contributed by atoms with Crippen molar-refractivity contribution in [2.45, 2.75) is 37.5 Å². The molecule has 1 atom stereocenters. The summed E-state index contributed by atoms with van der Waals surface area (Å²) in [6.07, 6.45) is 3.04. The van der Waals surface area contributed by atoms with Crippen molar-refractivity contribution in [2.75, 3.05) is 19.3 Å². The van der Waals surface area contributed by atoms with Crippen LogP contribution in [0.1, 0.15) is 26.7 Å². The van der Waals surface area contributed by atoms with Crippen LogP contribution in [-0.4, -0.2) is 55.3 Å². The predicted octanol–water partition coefficient (Wildman–Crippen LogP) is -0.453. The summed E-state index contributed by atoms with van der Waals surface area (Å²) in [7, 11) is -3.29. The Morgan fingerprint density at radius 3 is 2.37 bits per heavy atom. The Kier molecular flexibility index (Phi) is 3.36. The minimum absolute atomic E-state index is 0.0546. The average Bonchev–Trinajstić information content (AvgIpc) is 3.04. The van der Waals surface area contributed by atoms with Crippen LogP contribution in [-0.2, 0) is 19.4 Å². The lowest BCUT2D eigenvalue weighted by atomic mass is 10.1. The molecule has 2 rings (SSSR count). The second-order valence-corrected chi connectivity index (χ2v) is 8.76. The van der Waals surface area contributed by atoms with Gasteiger partial charge in [-0.1, -0.05) is 0 Å². The van der Waals surface area contributed by atoms with E-state index in [1.165, 1.54) is 4.90 Å². The van der Waals surface area contributed by atoms with E-state index in [1.54, 1.807) is 13.8 Å². The smallest absolute Gasteiger partial charge is 0.245 e. The number of hydrogen-bond donors (Lipinski definition) is 1. The first kappa shape index (κ1) is 14.3. The lowest BCUT2D eigenvalue weighted by molar-refractivity contribution is -0.145. The second-order valence-electron chi connectivity index (χ2n) is 6.11. The Labute approximate surface area is 113 Å². The third-order valence-corrected chi connectivity index (χ3v) is 6.03. The minimum Gasteiger partial charge on any atom is -0.342 e. The highest BCUT2D eigenvalue weighted by atomic mass is 32.2. The zero-order valence-electron chi connectivity index (χ0n) is 11.5. The highest BCUT2D eigenvalue weighted by Gasteiger charge is 2.44. The summed E-state index contributed by atoms with van der Waals surface area (Å²) in [6, 6.07) is -0.461. The molecule has 1 aliphatic carbocycles.